The molecule has 0 fully saturated rings. The Morgan fingerprint density at radius 3 is 2.23 bits per heavy atom. The molecule has 0 aromatic carbocycles. The molecule has 11 nitrogen and oxygen atoms in total. The Morgan fingerprint density at radius 2 is 1.73 bits per heavy atom. The second-order valence-electron chi connectivity index (χ2n) is 3.94. The monoisotopic (exact) mass is 377 g/mol. The van der Waals surface area contributed by atoms with Crippen LogP contribution in [-0.4, -0.2) is 31.7 Å². The summed E-state index contributed by atoms with van der Waals surface area (Å²) in [7, 11) is -14.6. The second-order valence-corrected chi connectivity index (χ2v) is 8.63. The van der Waals surface area contributed by atoms with Crippen molar-refractivity contribution in [1.29, 1.82) is 0 Å². The maximum absolute atomic E-state index is 12.1. The fraction of sp³-hybridized carbons (Fsp3) is 0.375. The normalized spacial score (nSPS) is 19.2. The van der Waals surface area contributed by atoms with E-state index in [1.807, 2.05) is 0 Å². The summed E-state index contributed by atoms with van der Waals surface area (Å²) in [5.74, 6) is 0. The van der Waals surface area contributed by atoms with Crippen molar-refractivity contribution in [2.75, 3.05) is 7.11 Å². The summed E-state index contributed by atoms with van der Waals surface area (Å²) >= 11 is 0. The minimum atomic E-state index is -5.52. The number of rotatable bonds is 7. The number of methoxy groups -OCH3 is 1. The molecule has 22 heavy (non-hydrogen) atoms. The smallest absolute Gasteiger partial charge is 0.377 e. The molecule has 1 aromatic heterocycles. The van der Waals surface area contributed by atoms with Gasteiger partial charge in [0.1, 0.15) is 0 Å². The van der Waals surface area contributed by atoms with Crippen molar-refractivity contribution in [3.05, 3.63) is 23.9 Å². The highest BCUT2D eigenvalue weighted by atomic mass is 31.3. The quantitative estimate of drug-likeness (QED) is 0.496. The van der Waals surface area contributed by atoms with Crippen molar-refractivity contribution in [3.8, 4) is 0 Å². The van der Waals surface area contributed by atoms with Gasteiger partial charge >= 0.3 is 23.2 Å². The topological polar surface area (TPSA) is 173 Å². The molecule has 1 heterocycles. The zero-order chi connectivity index (χ0) is 17.2. The van der Waals surface area contributed by atoms with E-state index in [9.17, 15) is 18.6 Å². The fourth-order valence-electron chi connectivity index (χ4n) is 1.42. The van der Waals surface area contributed by atoms with Gasteiger partial charge in [-0.3, -0.25) is 4.57 Å². The van der Waals surface area contributed by atoms with Gasteiger partial charge in [0, 0.05) is 18.9 Å². The summed E-state index contributed by atoms with van der Waals surface area (Å²) < 4.78 is 46.5. The number of pyridine rings is 1. The average Bonchev–Trinajstić information content (AvgIpc) is 2.33. The Bertz CT molecular complexity index is 672. The molecule has 1 rings (SSSR count). The minimum absolute atomic E-state index is 0.0898. The number of hydrogen-bond donors (Lipinski definition) is 4. The Morgan fingerprint density at radius 1 is 1.14 bits per heavy atom. The molecule has 4 N–H and O–H groups in total. The first-order valence-corrected chi connectivity index (χ1v) is 10.1. The Kier molecular flexibility index (Phi) is 6.22. The predicted molar refractivity (Wildman–Crippen MR) is 73.2 cm³/mol. The largest absolute Gasteiger partial charge is 0.488 e. The standard InChI is InChI=1S/C8H14NO10P3/c1-6(17-2)7-4-3-5-9-8(7)20(10,11)18-22(15,16)19-21(12,13)14/h3-6H,1-2H3,(H,10,11)(H,15,16)(H2,12,13,14). The number of phosphoric acid groups is 2. The van der Waals surface area contributed by atoms with E-state index in [-0.39, 0.29) is 5.56 Å². The van der Waals surface area contributed by atoms with Crippen LogP contribution >= 0.6 is 23.2 Å². The first-order chi connectivity index (χ1) is 9.88. The summed E-state index contributed by atoms with van der Waals surface area (Å²) in [4.78, 5) is 39.5. The van der Waals surface area contributed by atoms with E-state index in [0.717, 1.165) is 6.20 Å². The SMILES string of the molecule is COC(C)c1cccnc1P(=O)(O)OP(=O)(O)OP(=O)(O)O. The highest BCUT2D eigenvalue weighted by molar-refractivity contribution is 7.71. The van der Waals surface area contributed by atoms with E-state index in [4.69, 9.17) is 19.4 Å². The fourth-order valence-corrected chi connectivity index (χ4v) is 5.10. The molecule has 0 saturated carbocycles. The van der Waals surface area contributed by atoms with Gasteiger partial charge in [-0.1, -0.05) is 6.07 Å². The van der Waals surface area contributed by atoms with Crippen LogP contribution < -0.4 is 5.44 Å². The molecule has 1 aromatic rings. The summed E-state index contributed by atoms with van der Waals surface area (Å²) in [6, 6.07) is 2.80. The van der Waals surface area contributed by atoms with Crippen LogP contribution in [-0.2, 0) is 27.1 Å². The molecule has 3 unspecified atom stereocenters. The molecule has 0 aliphatic heterocycles. The van der Waals surface area contributed by atoms with Crippen LogP contribution in [0.2, 0.25) is 0 Å². The highest BCUT2D eigenvalue weighted by Crippen LogP contribution is 2.65. The third-order valence-corrected chi connectivity index (χ3v) is 6.60. The van der Waals surface area contributed by atoms with Gasteiger partial charge in [0.15, 0.2) is 5.44 Å². The average molecular weight is 377 g/mol. The summed E-state index contributed by atoms with van der Waals surface area (Å²) in [5.41, 5.74) is -0.514. The molecule has 3 atom stereocenters. The Balaban J connectivity index is 3.18. The van der Waals surface area contributed by atoms with Crippen molar-refractivity contribution < 1.29 is 46.6 Å². The van der Waals surface area contributed by atoms with Crippen molar-refractivity contribution >= 4 is 28.7 Å². The van der Waals surface area contributed by atoms with E-state index in [1.54, 1.807) is 0 Å². The second kappa shape index (κ2) is 6.98. The minimum Gasteiger partial charge on any atom is -0.377 e. The number of aromatic nitrogens is 1. The van der Waals surface area contributed by atoms with Gasteiger partial charge in [0.2, 0.25) is 0 Å². The molecular formula is C8H14NO10P3. The van der Waals surface area contributed by atoms with Gasteiger partial charge in [0.05, 0.1) is 6.10 Å². The summed E-state index contributed by atoms with van der Waals surface area (Å²) in [5, 5.41) is 0. The van der Waals surface area contributed by atoms with Crippen molar-refractivity contribution in [2.24, 2.45) is 0 Å². The predicted octanol–water partition coefficient (Wildman–Crippen LogP) is 0.826. The maximum Gasteiger partial charge on any atom is 0.488 e. The third kappa shape index (κ3) is 5.64. The van der Waals surface area contributed by atoms with E-state index < -0.39 is 34.8 Å². The van der Waals surface area contributed by atoms with E-state index in [0.29, 0.717) is 0 Å². The van der Waals surface area contributed by atoms with Crippen LogP contribution in [0.4, 0.5) is 0 Å². The molecule has 0 amide bonds. The lowest BCUT2D eigenvalue weighted by atomic mass is 10.2. The third-order valence-electron chi connectivity index (χ3n) is 2.30. The molecule has 0 saturated heterocycles. The van der Waals surface area contributed by atoms with Crippen LogP contribution in [0.15, 0.2) is 18.3 Å². The molecule has 0 spiro atoms. The zero-order valence-electron chi connectivity index (χ0n) is 11.3. The number of nitrogens with zero attached hydrogens (tertiary/aromatic N) is 1. The van der Waals surface area contributed by atoms with Gasteiger partial charge in [-0.05, 0) is 13.0 Å². The summed E-state index contributed by atoms with van der Waals surface area (Å²) in [6.07, 6.45) is 0.424. The van der Waals surface area contributed by atoms with Gasteiger partial charge in [-0.15, -0.1) is 0 Å². The lowest BCUT2D eigenvalue weighted by Gasteiger charge is -2.19. The first-order valence-electron chi connectivity index (χ1n) is 5.50. The number of ether oxygens (including phenoxy) is 1. The van der Waals surface area contributed by atoms with Crippen LogP contribution in [0.1, 0.15) is 18.6 Å². The Labute approximate surface area is 125 Å². The van der Waals surface area contributed by atoms with Crippen molar-refractivity contribution in [1.82, 2.24) is 4.98 Å². The van der Waals surface area contributed by atoms with Gasteiger partial charge < -0.3 is 24.3 Å². The Hall–Kier alpha value is -0.440. The van der Waals surface area contributed by atoms with Gasteiger partial charge in [-0.2, -0.15) is 4.31 Å². The van der Waals surface area contributed by atoms with Crippen LogP contribution in [0, 0.1) is 0 Å². The van der Waals surface area contributed by atoms with Gasteiger partial charge in [-0.25, -0.2) is 18.4 Å². The molecule has 14 heteroatoms. The van der Waals surface area contributed by atoms with Crippen molar-refractivity contribution in [3.63, 3.8) is 0 Å². The molecule has 0 aliphatic carbocycles. The van der Waals surface area contributed by atoms with E-state index in [2.05, 4.69) is 13.6 Å². The molecule has 126 valence electrons. The zero-order valence-corrected chi connectivity index (χ0v) is 14.0. The summed E-state index contributed by atoms with van der Waals surface area (Å²) in [6.45, 7) is 1.52. The van der Waals surface area contributed by atoms with Crippen molar-refractivity contribution in [2.45, 2.75) is 13.0 Å². The van der Waals surface area contributed by atoms with E-state index in [1.165, 1.54) is 26.2 Å². The highest BCUT2D eigenvalue weighted by Gasteiger charge is 2.42. The first kappa shape index (κ1) is 19.6. The lowest BCUT2D eigenvalue weighted by molar-refractivity contribution is 0.120. The van der Waals surface area contributed by atoms with Crippen LogP contribution in [0.5, 0.6) is 0 Å². The molecular weight excluding hydrogens is 363 g/mol. The number of hydrogen-bond acceptors (Lipinski definition) is 7. The van der Waals surface area contributed by atoms with Crippen LogP contribution in [0.3, 0.4) is 0 Å². The van der Waals surface area contributed by atoms with Crippen LogP contribution in [0.25, 0.3) is 0 Å². The molecule has 0 bridgehead atoms. The molecule has 0 radical (unpaired) electrons. The lowest BCUT2D eigenvalue weighted by Crippen LogP contribution is -2.19. The van der Waals surface area contributed by atoms with Gasteiger partial charge in [0.25, 0.3) is 0 Å². The molecule has 0 aliphatic rings. The van der Waals surface area contributed by atoms with E-state index >= 15 is 0 Å². The maximum atomic E-state index is 12.1.